The summed E-state index contributed by atoms with van der Waals surface area (Å²) in [6, 6.07) is 9.50. The lowest BCUT2D eigenvalue weighted by Gasteiger charge is -2.28. The van der Waals surface area contributed by atoms with E-state index in [1.54, 1.807) is 0 Å². The van der Waals surface area contributed by atoms with E-state index in [2.05, 4.69) is 4.90 Å². The predicted molar refractivity (Wildman–Crippen MR) is 101 cm³/mol. The Bertz CT molecular complexity index is 689. The highest BCUT2D eigenvalue weighted by Gasteiger charge is 2.47. The molecule has 0 spiro atoms. The second-order valence-electron chi connectivity index (χ2n) is 7.98. The number of carbonyl (C=O) groups excluding carboxylic acids is 2. The average Bonchev–Trinajstić information content (AvgIpc) is 3.23. The van der Waals surface area contributed by atoms with Crippen LogP contribution in [0.1, 0.15) is 32.3 Å². The minimum absolute atomic E-state index is 0.0176. The molecule has 0 aromatic heterocycles. The van der Waals surface area contributed by atoms with E-state index >= 15 is 0 Å². The van der Waals surface area contributed by atoms with E-state index in [-0.39, 0.29) is 37.1 Å². The number of carbonyl (C=O) groups is 2. The van der Waals surface area contributed by atoms with Crippen molar-refractivity contribution in [1.82, 2.24) is 4.90 Å². The van der Waals surface area contributed by atoms with Crippen LogP contribution in [-0.2, 0) is 25.5 Å². The molecule has 2 aliphatic rings. The van der Waals surface area contributed by atoms with Crippen LogP contribution in [0.5, 0.6) is 0 Å². The largest absolute Gasteiger partial charge is 0.463 e. The van der Waals surface area contributed by atoms with Crippen LogP contribution in [0.15, 0.2) is 30.3 Å². The smallest absolute Gasteiger partial charge is 0.340 e. The molecular formula is C21H29NO6. The standard InChI is InChI=1S/C21H29NO6/c1-14(23)21(2,26)20(25)27-13-16-8-10-22-11-9-17(19(16)22)28-18(24)12-15-6-4-3-5-7-15/h3-7,14,16-17,19,23,26H,8-13H2,1-2H3/t14-,16-,17-,19-,21-/m1/s1. The quantitative estimate of drug-likeness (QED) is 0.667. The maximum Gasteiger partial charge on any atom is 0.340 e. The number of fused-ring (bicyclic) bond motifs is 1. The highest BCUT2D eigenvalue weighted by Crippen LogP contribution is 2.35. The molecule has 7 nitrogen and oxygen atoms in total. The van der Waals surface area contributed by atoms with Gasteiger partial charge >= 0.3 is 11.9 Å². The van der Waals surface area contributed by atoms with Gasteiger partial charge in [-0.3, -0.25) is 9.69 Å². The molecule has 5 atom stereocenters. The number of benzene rings is 1. The first-order valence-corrected chi connectivity index (χ1v) is 9.84. The summed E-state index contributed by atoms with van der Waals surface area (Å²) in [5.74, 6) is -1.06. The number of aliphatic hydroxyl groups is 2. The van der Waals surface area contributed by atoms with Crippen LogP contribution in [0.3, 0.4) is 0 Å². The van der Waals surface area contributed by atoms with Gasteiger partial charge in [0.15, 0.2) is 5.60 Å². The Balaban J connectivity index is 1.55. The fourth-order valence-electron chi connectivity index (χ4n) is 4.00. The van der Waals surface area contributed by atoms with Crippen molar-refractivity contribution < 1.29 is 29.3 Å². The summed E-state index contributed by atoms with van der Waals surface area (Å²) in [4.78, 5) is 26.7. The van der Waals surface area contributed by atoms with E-state index in [4.69, 9.17) is 9.47 Å². The minimum Gasteiger partial charge on any atom is -0.463 e. The number of esters is 2. The third kappa shape index (κ3) is 4.54. The lowest BCUT2D eigenvalue weighted by atomic mass is 9.96. The summed E-state index contributed by atoms with van der Waals surface area (Å²) >= 11 is 0. The molecule has 1 aromatic carbocycles. The normalized spacial score (nSPS) is 27.6. The number of nitrogens with zero attached hydrogens (tertiary/aromatic N) is 1. The zero-order chi connectivity index (χ0) is 20.3. The third-order valence-corrected chi connectivity index (χ3v) is 5.90. The lowest BCUT2D eigenvalue weighted by molar-refractivity contribution is -0.176. The third-order valence-electron chi connectivity index (χ3n) is 5.90. The maximum absolute atomic E-state index is 12.3. The topological polar surface area (TPSA) is 96.3 Å². The molecular weight excluding hydrogens is 362 g/mol. The number of aliphatic hydroxyl groups excluding tert-OH is 1. The number of rotatable bonds is 7. The number of ether oxygens (including phenoxy) is 2. The van der Waals surface area contributed by atoms with Crippen LogP contribution in [0, 0.1) is 5.92 Å². The molecule has 2 heterocycles. The summed E-state index contributed by atoms with van der Waals surface area (Å²) < 4.78 is 11.1. The van der Waals surface area contributed by atoms with Crippen LogP contribution in [0.4, 0.5) is 0 Å². The number of hydrogen-bond donors (Lipinski definition) is 2. The van der Waals surface area contributed by atoms with Crippen molar-refractivity contribution >= 4 is 11.9 Å². The van der Waals surface area contributed by atoms with Crippen molar-refractivity contribution in [3.8, 4) is 0 Å². The molecule has 0 bridgehead atoms. The zero-order valence-corrected chi connectivity index (χ0v) is 16.4. The van der Waals surface area contributed by atoms with E-state index in [9.17, 15) is 19.8 Å². The number of hydrogen-bond acceptors (Lipinski definition) is 7. The molecule has 2 fully saturated rings. The van der Waals surface area contributed by atoms with Gasteiger partial charge in [-0.15, -0.1) is 0 Å². The Hall–Kier alpha value is -1.96. The van der Waals surface area contributed by atoms with Gasteiger partial charge in [0, 0.05) is 12.5 Å². The van der Waals surface area contributed by atoms with Crippen LogP contribution in [0.2, 0.25) is 0 Å². The van der Waals surface area contributed by atoms with Crippen LogP contribution < -0.4 is 0 Å². The molecule has 7 heteroatoms. The van der Waals surface area contributed by atoms with E-state index in [1.807, 2.05) is 30.3 Å². The lowest BCUT2D eigenvalue weighted by Crippen LogP contribution is -2.47. The van der Waals surface area contributed by atoms with E-state index < -0.39 is 17.7 Å². The zero-order valence-electron chi connectivity index (χ0n) is 16.4. The molecule has 0 amide bonds. The molecule has 3 rings (SSSR count). The molecule has 2 N–H and O–H groups in total. The van der Waals surface area contributed by atoms with Crippen molar-refractivity contribution in [2.24, 2.45) is 5.92 Å². The van der Waals surface area contributed by atoms with Crippen molar-refractivity contribution in [3.63, 3.8) is 0 Å². The van der Waals surface area contributed by atoms with Crippen molar-refractivity contribution in [1.29, 1.82) is 0 Å². The first kappa shape index (κ1) is 20.8. The molecule has 28 heavy (non-hydrogen) atoms. The van der Waals surface area contributed by atoms with Gasteiger partial charge < -0.3 is 19.7 Å². The van der Waals surface area contributed by atoms with Gasteiger partial charge in [-0.25, -0.2) is 4.79 Å². The molecule has 1 aromatic rings. The van der Waals surface area contributed by atoms with Gasteiger partial charge in [0.05, 0.1) is 25.2 Å². The maximum atomic E-state index is 12.3. The summed E-state index contributed by atoms with van der Waals surface area (Å²) in [6.45, 7) is 4.44. The van der Waals surface area contributed by atoms with Crippen molar-refractivity contribution in [3.05, 3.63) is 35.9 Å². The van der Waals surface area contributed by atoms with Gasteiger partial charge in [0.2, 0.25) is 0 Å². The fourth-order valence-corrected chi connectivity index (χ4v) is 4.00. The van der Waals surface area contributed by atoms with Crippen LogP contribution in [0.25, 0.3) is 0 Å². The first-order chi connectivity index (χ1) is 13.3. The van der Waals surface area contributed by atoms with E-state index in [0.29, 0.717) is 0 Å². The second kappa shape index (κ2) is 8.59. The van der Waals surface area contributed by atoms with E-state index in [0.717, 1.165) is 31.5 Å². The summed E-state index contributed by atoms with van der Waals surface area (Å²) in [5.41, 5.74) is -1.02. The predicted octanol–water partition coefficient (Wildman–Crippen LogP) is 0.910. The first-order valence-electron chi connectivity index (χ1n) is 9.84. The Morgan fingerprint density at radius 2 is 1.93 bits per heavy atom. The molecule has 0 aliphatic carbocycles. The van der Waals surface area contributed by atoms with Gasteiger partial charge in [0.1, 0.15) is 6.10 Å². The molecule has 154 valence electrons. The van der Waals surface area contributed by atoms with Gasteiger partial charge in [-0.2, -0.15) is 0 Å². The monoisotopic (exact) mass is 391 g/mol. The summed E-state index contributed by atoms with van der Waals surface area (Å²) in [7, 11) is 0. The molecule has 0 radical (unpaired) electrons. The summed E-state index contributed by atoms with van der Waals surface area (Å²) in [5, 5.41) is 19.6. The van der Waals surface area contributed by atoms with Gasteiger partial charge in [-0.1, -0.05) is 30.3 Å². The Morgan fingerprint density at radius 1 is 1.25 bits per heavy atom. The second-order valence-corrected chi connectivity index (χ2v) is 7.98. The fraction of sp³-hybridized carbons (Fsp3) is 0.619. The van der Waals surface area contributed by atoms with E-state index in [1.165, 1.54) is 13.8 Å². The molecule has 0 saturated carbocycles. The van der Waals surface area contributed by atoms with Gasteiger partial charge in [-0.05, 0) is 38.8 Å². The molecule has 2 aliphatic heterocycles. The Kier molecular flexibility index (Phi) is 6.37. The summed E-state index contributed by atoms with van der Waals surface area (Å²) in [6.07, 6.45) is 0.390. The van der Waals surface area contributed by atoms with Crippen molar-refractivity contribution in [2.75, 3.05) is 19.7 Å². The van der Waals surface area contributed by atoms with Crippen molar-refractivity contribution in [2.45, 2.75) is 57.0 Å². The molecule has 2 saturated heterocycles. The van der Waals surface area contributed by atoms with Crippen LogP contribution in [-0.4, -0.2) is 70.6 Å². The average molecular weight is 391 g/mol. The molecule has 0 unspecified atom stereocenters. The Morgan fingerprint density at radius 3 is 2.61 bits per heavy atom. The SMILES string of the molecule is C[C@@H](O)[C@@](C)(O)C(=O)OC[C@H]1CCN2CC[C@@H](OC(=O)Cc3ccccc3)[C@@H]12. The highest BCUT2D eigenvalue weighted by molar-refractivity contribution is 5.79. The van der Waals surface area contributed by atoms with Gasteiger partial charge in [0.25, 0.3) is 0 Å². The Labute approximate surface area is 165 Å². The highest BCUT2D eigenvalue weighted by atomic mass is 16.6. The minimum atomic E-state index is -1.94. The van der Waals surface area contributed by atoms with Crippen LogP contribution >= 0.6 is 0 Å².